The van der Waals surface area contributed by atoms with E-state index in [1.165, 1.54) is 23.1 Å². The fourth-order valence-electron chi connectivity index (χ4n) is 2.93. The van der Waals surface area contributed by atoms with Crippen molar-refractivity contribution in [1.29, 1.82) is 0 Å². The van der Waals surface area contributed by atoms with E-state index < -0.39 is 11.8 Å². The Hall–Kier alpha value is -3.48. The molecule has 0 aromatic heterocycles. The smallest absolute Gasteiger partial charge is 0.261 e. The molecule has 0 fully saturated rings. The molecule has 0 radical (unpaired) electrons. The van der Waals surface area contributed by atoms with Crippen LogP contribution in [0.15, 0.2) is 48.5 Å². The van der Waals surface area contributed by atoms with Crippen molar-refractivity contribution in [2.75, 3.05) is 13.1 Å². The van der Waals surface area contributed by atoms with E-state index in [0.717, 1.165) is 12.0 Å². The highest BCUT2D eigenvalue weighted by molar-refractivity contribution is 6.22. The molecule has 0 aliphatic carbocycles. The van der Waals surface area contributed by atoms with Crippen molar-refractivity contribution in [3.8, 4) is 0 Å². The number of imide groups is 1. The first-order valence-electron chi connectivity index (χ1n) is 9.10. The van der Waals surface area contributed by atoms with Crippen LogP contribution < -0.4 is 10.6 Å². The number of hydrogen-bond donors (Lipinski definition) is 2. The molecule has 28 heavy (non-hydrogen) atoms. The van der Waals surface area contributed by atoms with Crippen molar-refractivity contribution < 1.29 is 19.2 Å². The van der Waals surface area contributed by atoms with Gasteiger partial charge in [0.05, 0.1) is 24.2 Å². The molecule has 0 saturated heterocycles. The molecule has 4 amide bonds. The highest BCUT2D eigenvalue weighted by atomic mass is 16.2. The fraction of sp³-hybridized carbons (Fsp3) is 0.238. The van der Waals surface area contributed by atoms with Crippen molar-refractivity contribution in [3.63, 3.8) is 0 Å². The Morgan fingerprint density at radius 2 is 1.64 bits per heavy atom. The number of benzene rings is 2. The Morgan fingerprint density at radius 3 is 2.36 bits per heavy atom. The molecular formula is C21H21N3O4. The molecule has 1 aliphatic rings. The van der Waals surface area contributed by atoms with Gasteiger partial charge in [-0.25, -0.2) is 0 Å². The Balaban J connectivity index is 1.70. The zero-order chi connectivity index (χ0) is 20.1. The van der Waals surface area contributed by atoms with Crippen LogP contribution in [0.25, 0.3) is 0 Å². The lowest BCUT2D eigenvalue weighted by Crippen LogP contribution is -2.37. The van der Waals surface area contributed by atoms with E-state index in [1.807, 2.05) is 37.3 Å². The summed E-state index contributed by atoms with van der Waals surface area (Å²) in [5.41, 5.74) is 1.54. The average molecular weight is 379 g/mol. The van der Waals surface area contributed by atoms with E-state index in [2.05, 4.69) is 10.6 Å². The molecular weight excluding hydrogens is 358 g/mol. The summed E-state index contributed by atoms with van der Waals surface area (Å²) >= 11 is 0. The normalized spacial score (nSPS) is 12.7. The van der Waals surface area contributed by atoms with Gasteiger partial charge in [0.15, 0.2) is 0 Å². The van der Waals surface area contributed by atoms with Crippen LogP contribution in [0.5, 0.6) is 0 Å². The molecule has 7 heteroatoms. The van der Waals surface area contributed by atoms with Crippen LogP contribution in [0.1, 0.15) is 50.0 Å². The number of hydrogen-bond acceptors (Lipinski definition) is 4. The second-order valence-corrected chi connectivity index (χ2v) is 6.48. The van der Waals surface area contributed by atoms with Gasteiger partial charge in [0.1, 0.15) is 0 Å². The summed E-state index contributed by atoms with van der Waals surface area (Å²) in [4.78, 5) is 50.3. The van der Waals surface area contributed by atoms with E-state index in [4.69, 9.17) is 0 Å². The van der Waals surface area contributed by atoms with Crippen LogP contribution in [0.4, 0.5) is 0 Å². The van der Waals surface area contributed by atoms with Gasteiger partial charge in [-0.1, -0.05) is 37.3 Å². The molecule has 0 bridgehead atoms. The first-order chi connectivity index (χ1) is 13.5. The van der Waals surface area contributed by atoms with Gasteiger partial charge in [-0.05, 0) is 30.2 Å². The average Bonchev–Trinajstić information content (AvgIpc) is 2.95. The molecule has 2 aromatic carbocycles. The maximum atomic E-state index is 12.7. The minimum atomic E-state index is -0.476. The molecule has 0 spiro atoms. The van der Waals surface area contributed by atoms with Crippen molar-refractivity contribution in [3.05, 3.63) is 70.8 Å². The van der Waals surface area contributed by atoms with Gasteiger partial charge in [0.25, 0.3) is 17.7 Å². The van der Waals surface area contributed by atoms with Crippen molar-refractivity contribution in [2.45, 2.75) is 19.9 Å². The van der Waals surface area contributed by atoms with Gasteiger partial charge in [-0.3, -0.25) is 24.1 Å². The third-order valence-electron chi connectivity index (χ3n) is 4.40. The molecule has 1 heterocycles. The lowest BCUT2D eigenvalue weighted by molar-refractivity contribution is -0.120. The summed E-state index contributed by atoms with van der Waals surface area (Å²) in [5, 5.41) is 5.18. The maximum absolute atomic E-state index is 12.7. The van der Waals surface area contributed by atoms with Crippen LogP contribution in [-0.4, -0.2) is 41.6 Å². The predicted molar refractivity (Wildman–Crippen MR) is 103 cm³/mol. The van der Waals surface area contributed by atoms with E-state index in [0.29, 0.717) is 6.54 Å². The number of rotatable bonds is 7. The van der Waals surface area contributed by atoms with Crippen LogP contribution in [0, 0.1) is 0 Å². The topological polar surface area (TPSA) is 95.6 Å². The second kappa shape index (κ2) is 8.47. The number of amides is 4. The summed E-state index contributed by atoms with van der Waals surface area (Å²) in [6.45, 7) is 2.50. The van der Waals surface area contributed by atoms with Crippen molar-refractivity contribution in [1.82, 2.24) is 15.5 Å². The van der Waals surface area contributed by atoms with E-state index in [1.54, 1.807) is 0 Å². The predicted octanol–water partition coefficient (Wildman–Crippen LogP) is 1.74. The standard InChI is InChI=1S/C21H21N3O4/c1-2-10-22-18(25)12-23-19(26)15-8-9-16-17(11-15)21(28)24(20(16)27)13-14-6-4-3-5-7-14/h3-9,11H,2,10,12-13H2,1H3,(H,22,25)(H,23,26). The lowest BCUT2D eigenvalue weighted by Gasteiger charge is -2.13. The highest BCUT2D eigenvalue weighted by Crippen LogP contribution is 2.25. The lowest BCUT2D eigenvalue weighted by atomic mass is 10.1. The molecule has 0 atom stereocenters. The zero-order valence-corrected chi connectivity index (χ0v) is 15.5. The quantitative estimate of drug-likeness (QED) is 0.717. The largest absolute Gasteiger partial charge is 0.355 e. The van der Waals surface area contributed by atoms with E-state index in [-0.39, 0.29) is 41.6 Å². The molecule has 3 rings (SSSR count). The van der Waals surface area contributed by atoms with Gasteiger partial charge < -0.3 is 10.6 Å². The monoisotopic (exact) mass is 379 g/mol. The minimum absolute atomic E-state index is 0.150. The molecule has 144 valence electrons. The third kappa shape index (κ3) is 4.09. The van der Waals surface area contributed by atoms with Crippen LogP contribution >= 0.6 is 0 Å². The highest BCUT2D eigenvalue weighted by Gasteiger charge is 2.35. The van der Waals surface area contributed by atoms with Gasteiger partial charge in [-0.2, -0.15) is 0 Å². The Morgan fingerprint density at radius 1 is 0.929 bits per heavy atom. The molecule has 1 aliphatic heterocycles. The maximum Gasteiger partial charge on any atom is 0.261 e. The van der Waals surface area contributed by atoms with Gasteiger partial charge in [0, 0.05) is 12.1 Å². The summed E-state index contributed by atoms with van der Waals surface area (Å²) in [5.74, 6) is -1.57. The summed E-state index contributed by atoms with van der Waals surface area (Å²) in [6, 6.07) is 13.6. The molecule has 0 unspecified atom stereocenters. The zero-order valence-electron chi connectivity index (χ0n) is 15.5. The Kier molecular flexibility index (Phi) is 5.84. The number of fused-ring (bicyclic) bond motifs is 1. The molecule has 0 saturated carbocycles. The van der Waals surface area contributed by atoms with Gasteiger partial charge >= 0.3 is 0 Å². The molecule has 7 nitrogen and oxygen atoms in total. The van der Waals surface area contributed by atoms with Crippen LogP contribution in [0.3, 0.4) is 0 Å². The van der Waals surface area contributed by atoms with Crippen LogP contribution in [0.2, 0.25) is 0 Å². The number of carbonyl (C=O) groups excluding carboxylic acids is 4. The molecule has 2 aromatic rings. The van der Waals surface area contributed by atoms with Crippen molar-refractivity contribution in [2.24, 2.45) is 0 Å². The molecule has 2 N–H and O–H groups in total. The first-order valence-corrected chi connectivity index (χ1v) is 9.10. The number of carbonyl (C=O) groups is 4. The summed E-state index contributed by atoms with van der Waals surface area (Å²) in [7, 11) is 0. The second-order valence-electron chi connectivity index (χ2n) is 6.48. The van der Waals surface area contributed by atoms with E-state index >= 15 is 0 Å². The minimum Gasteiger partial charge on any atom is -0.355 e. The van der Waals surface area contributed by atoms with Crippen LogP contribution in [-0.2, 0) is 11.3 Å². The number of nitrogens with zero attached hydrogens (tertiary/aromatic N) is 1. The first kappa shape index (κ1) is 19.3. The Bertz CT molecular complexity index is 925. The SMILES string of the molecule is CCCNC(=O)CNC(=O)c1ccc2c(c1)C(=O)N(Cc1ccccc1)C2=O. The number of nitrogens with one attached hydrogen (secondary N) is 2. The van der Waals surface area contributed by atoms with E-state index in [9.17, 15) is 19.2 Å². The third-order valence-corrected chi connectivity index (χ3v) is 4.40. The summed E-state index contributed by atoms with van der Waals surface area (Å²) < 4.78 is 0. The van der Waals surface area contributed by atoms with Gasteiger partial charge in [0.2, 0.25) is 5.91 Å². The summed E-state index contributed by atoms with van der Waals surface area (Å²) in [6.07, 6.45) is 0.806. The fourth-order valence-corrected chi connectivity index (χ4v) is 2.93. The Labute approximate surface area is 162 Å². The van der Waals surface area contributed by atoms with Gasteiger partial charge in [-0.15, -0.1) is 0 Å². The van der Waals surface area contributed by atoms with Crippen molar-refractivity contribution >= 4 is 23.6 Å².